The number of nitrogens with two attached hydrogens (primary N) is 1. The van der Waals surface area contributed by atoms with Crippen LogP contribution in [0.3, 0.4) is 0 Å². The molecule has 1 aromatic heterocycles. The molecule has 2 rings (SSSR count). The SMILES string of the molecule is Cc1ccc(C(N)c2ccccn2)c(C)c1. The molecule has 2 N–H and O–H groups in total. The van der Waals surface area contributed by atoms with Crippen LogP contribution in [0.4, 0.5) is 0 Å². The zero-order valence-corrected chi connectivity index (χ0v) is 9.64. The Bertz CT molecular complexity index is 477. The maximum Gasteiger partial charge on any atom is 0.0728 e. The number of aromatic nitrogens is 1. The molecule has 1 unspecified atom stereocenters. The van der Waals surface area contributed by atoms with Gasteiger partial charge in [-0.05, 0) is 37.1 Å². The third-order valence-electron chi connectivity index (χ3n) is 2.77. The van der Waals surface area contributed by atoms with E-state index < -0.39 is 0 Å². The molecular formula is C14H16N2. The largest absolute Gasteiger partial charge is 0.319 e. The van der Waals surface area contributed by atoms with Crippen LogP contribution in [0.5, 0.6) is 0 Å². The Morgan fingerprint density at radius 1 is 1.12 bits per heavy atom. The van der Waals surface area contributed by atoms with E-state index in [0.717, 1.165) is 11.3 Å². The molecule has 0 saturated heterocycles. The summed E-state index contributed by atoms with van der Waals surface area (Å²) in [4.78, 5) is 4.29. The summed E-state index contributed by atoms with van der Waals surface area (Å²) in [5, 5.41) is 0. The molecule has 0 radical (unpaired) electrons. The van der Waals surface area contributed by atoms with Gasteiger partial charge in [0.25, 0.3) is 0 Å². The molecule has 0 bridgehead atoms. The van der Waals surface area contributed by atoms with Crippen molar-refractivity contribution in [1.82, 2.24) is 4.98 Å². The van der Waals surface area contributed by atoms with Crippen molar-refractivity contribution in [2.45, 2.75) is 19.9 Å². The third-order valence-corrected chi connectivity index (χ3v) is 2.77. The van der Waals surface area contributed by atoms with Gasteiger partial charge in [-0.3, -0.25) is 4.98 Å². The van der Waals surface area contributed by atoms with E-state index in [9.17, 15) is 0 Å². The average Bonchev–Trinajstić information content (AvgIpc) is 2.29. The van der Waals surface area contributed by atoms with Gasteiger partial charge in [-0.2, -0.15) is 0 Å². The first-order valence-corrected chi connectivity index (χ1v) is 5.42. The van der Waals surface area contributed by atoms with Crippen LogP contribution in [0.25, 0.3) is 0 Å². The van der Waals surface area contributed by atoms with Crippen molar-refractivity contribution >= 4 is 0 Å². The number of pyridine rings is 1. The molecule has 82 valence electrons. The van der Waals surface area contributed by atoms with Gasteiger partial charge in [-0.1, -0.05) is 29.8 Å². The first-order valence-electron chi connectivity index (χ1n) is 5.42. The summed E-state index contributed by atoms with van der Waals surface area (Å²) in [6.45, 7) is 4.17. The van der Waals surface area contributed by atoms with E-state index in [2.05, 4.69) is 37.0 Å². The van der Waals surface area contributed by atoms with E-state index in [4.69, 9.17) is 5.73 Å². The van der Waals surface area contributed by atoms with Crippen molar-refractivity contribution in [2.75, 3.05) is 0 Å². The van der Waals surface area contributed by atoms with E-state index in [1.54, 1.807) is 6.20 Å². The summed E-state index contributed by atoms with van der Waals surface area (Å²) in [6.07, 6.45) is 1.78. The van der Waals surface area contributed by atoms with Crippen LogP contribution < -0.4 is 5.73 Å². The first kappa shape index (κ1) is 10.8. The average molecular weight is 212 g/mol. The van der Waals surface area contributed by atoms with E-state index in [-0.39, 0.29) is 6.04 Å². The molecule has 16 heavy (non-hydrogen) atoms. The molecule has 0 aliphatic rings. The molecule has 1 atom stereocenters. The van der Waals surface area contributed by atoms with Gasteiger partial charge in [-0.25, -0.2) is 0 Å². The predicted octanol–water partition coefficient (Wildman–Crippen LogP) is 2.75. The van der Waals surface area contributed by atoms with E-state index >= 15 is 0 Å². The van der Waals surface area contributed by atoms with Gasteiger partial charge in [0.2, 0.25) is 0 Å². The molecule has 0 amide bonds. The third kappa shape index (κ3) is 2.12. The molecule has 1 aromatic carbocycles. The van der Waals surface area contributed by atoms with E-state index in [1.165, 1.54) is 11.1 Å². The molecule has 2 heteroatoms. The maximum atomic E-state index is 6.20. The molecule has 0 saturated carbocycles. The van der Waals surface area contributed by atoms with Crippen LogP contribution in [0.2, 0.25) is 0 Å². The molecule has 2 aromatic rings. The highest BCUT2D eigenvalue weighted by atomic mass is 14.8. The van der Waals surface area contributed by atoms with E-state index in [1.807, 2.05) is 18.2 Å². The van der Waals surface area contributed by atoms with Crippen molar-refractivity contribution in [3.05, 3.63) is 65.0 Å². The topological polar surface area (TPSA) is 38.9 Å². The van der Waals surface area contributed by atoms with Gasteiger partial charge < -0.3 is 5.73 Å². The fourth-order valence-electron chi connectivity index (χ4n) is 1.89. The Balaban J connectivity index is 2.38. The van der Waals surface area contributed by atoms with Crippen molar-refractivity contribution in [1.29, 1.82) is 0 Å². The van der Waals surface area contributed by atoms with E-state index in [0.29, 0.717) is 0 Å². The maximum absolute atomic E-state index is 6.20. The summed E-state index contributed by atoms with van der Waals surface area (Å²) < 4.78 is 0. The number of hydrogen-bond donors (Lipinski definition) is 1. The lowest BCUT2D eigenvalue weighted by Gasteiger charge is -2.14. The van der Waals surface area contributed by atoms with Crippen molar-refractivity contribution in [3.63, 3.8) is 0 Å². The lowest BCUT2D eigenvalue weighted by Crippen LogP contribution is -2.14. The number of nitrogens with zero attached hydrogens (tertiary/aromatic N) is 1. The molecule has 2 nitrogen and oxygen atoms in total. The summed E-state index contributed by atoms with van der Waals surface area (Å²) in [6, 6.07) is 12.0. The number of rotatable bonds is 2. The Kier molecular flexibility index (Phi) is 3.02. The summed E-state index contributed by atoms with van der Waals surface area (Å²) in [5.74, 6) is 0. The highest BCUT2D eigenvalue weighted by Crippen LogP contribution is 2.21. The normalized spacial score (nSPS) is 12.4. The van der Waals surface area contributed by atoms with Crippen LogP contribution in [0, 0.1) is 13.8 Å². The molecular weight excluding hydrogens is 196 g/mol. The van der Waals surface area contributed by atoms with Gasteiger partial charge >= 0.3 is 0 Å². The second kappa shape index (κ2) is 4.45. The molecule has 0 fully saturated rings. The minimum atomic E-state index is -0.137. The monoisotopic (exact) mass is 212 g/mol. The smallest absolute Gasteiger partial charge is 0.0728 e. The van der Waals surface area contributed by atoms with Gasteiger partial charge in [0, 0.05) is 6.20 Å². The quantitative estimate of drug-likeness (QED) is 0.831. The molecule has 0 aliphatic carbocycles. The van der Waals surface area contributed by atoms with Crippen molar-refractivity contribution in [2.24, 2.45) is 5.73 Å². The molecule has 0 spiro atoms. The minimum absolute atomic E-state index is 0.137. The second-order valence-electron chi connectivity index (χ2n) is 4.09. The Labute approximate surface area is 96.1 Å². The van der Waals surface area contributed by atoms with Crippen LogP contribution in [0.15, 0.2) is 42.6 Å². The lowest BCUT2D eigenvalue weighted by molar-refractivity contribution is 0.820. The van der Waals surface area contributed by atoms with Crippen LogP contribution in [0.1, 0.15) is 28.4 Å². The fraction of sp³-hybridized carbons (Fsp3) is 0.214. The van der Waals surface area contributed by atoms with Gasteiger partial charge in [0.1, 0.15) is 0 Å². The van der Waals surface area contributed by atoms with Crippen molar-refractivity contribution in [3.8, 4) is 0 Å². The predicted molar refractivity (Wildman–Crippen MR) is 66.2 cm³/mol. The lowest BCUT2D eigenvalue weighted by atomic mass is 9.97. The van der Waals surface area contributed by atoms with Crippen molar-refractivity contribution < 1.29 is 0 Å². The zero-order chi connectivity index (χ0) is 11.5. The summed E-state index contributed by atoms with van der Waals surface area (Å²) >= 11 is 0. The van der Waals surface area contributed by atoms with Gasteiger partial charge in [0.05, 0.1) is 11.7 Å². The summed E-state index contributed by atoms with van der Waals surface area (Å²) in [5.41, 5.74) is 10.7. The first-order chi connectivity index (χ1) is 7.68. The highest BCUT2D eigenvalue weighted by molar-refractivity contribution is 5.36. The second-order valence-corrected chi connectivity index (χ2v) is 4.09. The summed E-state index contributed by atoms with van der Waals surface area (Å²) in [7, 11) is 0. The van der Waals surface area contributed by atoms with Crippen LogP contribution in [-0.4, -0.2) is 4.98 Å². The number of benzene rings is 1. The van der Waals surface area contributed by atoms with Gasteiger partial charge in [0.15, 0.2) is 0 Å². The molecule has 1 heterocycles. The number of hydrogen-bond acceptors (Lipinski definition) is 2. The Morgan fingerprint density at radius 3 is 2.56 bits per heavy atom. The van der Waals surface area contributed by atoms with Gasteiger partial charge in [-0.15, -0.1) is 0 Å². The number of aryl methyl sites for hydroxylation is 2. The van der Waals surface area contributed by atoms with Crippen LogP contribution >= 0.6 is 0 Å². The van der Waals surface area contributed by atoms with Crippen LogP contribution in [-0.2, 0) is 0 Å². The fourth-order valence-corrected chi connectivity index (χ4v) is 1.89. The minimum Gasteiger partial charge on any atom is -0.319 e. The standard InChI is InChI=1S/C14H16N2/c1-10-6-7-12(11(2)9-10)14(15)13-5-3-4-8-16-13/h3-9,14H,15H2,1-2H3. The zero-order valence-electron chi connectivity index (χ0n) is 9.64. The Morgan fingerprint density at radius 2 is 1.94 bits per heavy atom. The molecule has 0 aliphatic heterocycles. The highest BCUT2D eigenvalue weighted by Gasteiger charge is 2.11. The Hall–Kier alpha value is -1.67.